The minimum Gasteiger partial charge on any atom is -0.480 e. The van der Waals surface area contributed by atoms with Gasteiger partial charge in [-0.2, -0.15) is 5.26 Å². The first-order valence-electron chi connectivity index (χ1n) is 6.47. The van der Waals surface area contributed by atoms with Crippen LogP contribution >= 0.6 is 11.8 Å². The number of amides is 1. The van der Waals surface area contributed by atoms with Crippen molar-refractivity contribution < 1.29 is 14.7 Å². The number of nitrogens with zero attached hydrogens (tertiary/aromatic N) is 2. The molecule has 2 atom stereocenters. The van der Waals surface area contributed by atoms with Crippen LogP contribution in [0.2, 0.25) is 0 Å². The van der Waals surface area contributed by atoms with Gasteiger partial charge in [-0.3, -0.25) is 4.79 Å². The number of carbonyl (C=O) groups excluding carboxylic acids is 1. The van der Waals surface area contributed by atoms with E-state index in [2.05, 4.69) is 0 Å². The Morgan fingerprint density at radius 2 is 1.90 bits per heavy atom. The van der Waals surface area contributed by atoms with Gasteiger partial charge in [0.25, 0.3) is 0 Å². The Bertz CT molecular complexity index is 619. The lowest BCUT2D eigenvalue weighted by Crippen LogP contribution is -2.48. The van der Waals surface area contributed by atoms with E-state index in [-0.39, 0.29) is 11.3 Å². The van der Waals surface area contributed by atoms with Gasteiger partial charge in [-0.05, 0) is 31.5 Å². The number of carboxylic acid groups (broad SMARTS) is 1. The Morgan fingerprint density at radius 3 is 2.33 bits per heavy atom. The van der Waals surface area contributed by atoms with Crippen molar-refractivity contribution in [2.75, 3.05) is 0 Å². The topological polar surface area (TPSA) is 81.4 Å². The van der Waals surface area contributed by atoms with Crippen LogP contribution in [0.5, 0.6) is 0 Å². The quantitative estimate of drug-likeness (QED) is 0.907. The average Bonchev–Trinajstić information content (AvgIpc) is 2.70. The first kappa shape index (κ1) is 15.4. The van der Waals surface area contributed by atoms with Gasteiger partial charge >= 0.3 is 5.97 Å². The van der Waals surface area contributed by atoms with Gasteiger partial charge in [0.2, 0.25) is 5.91 Å². The molecule has 0 radical (unpaired) electrons. The smallest absolute Gasteiger partial charge is 0.327 e. The van der Waals surface area contributed by atoms with E-state index in [9.17, 15) is 14.7 Å². The maximum absolute atomic E-state index is 12.0. The molecule has 5 nitrogen and oxygen atoms in total. The van der Waals surface area contributed by atoms with Crippen molar-refractivity contribution in [3.63, 3.8) is 0 Å². The molecule has 1 N–H and O–H groups in total. The van der Waals surface area contributed by atoms with Crippen molar-refractivity contribution in [1.29, 1.82) is 5.26 Å². The number of carbonyl (C=O) groups is 2. The number of rotatable bonds is 2. The summed E-state index contributed by atoms with van der Waals surface area (Å²) in [6, 6.07) is 8.06. The fourth-order valence-corrected chi connectivity index (χ4v) is 4.19. The summed E-state index contributed by atoms with van der Waals surface area (Å²) in [5, 5.41) is 17.9. The van der Waals surface area contributed by atoms with Gasteiger partial charge in [-0.1, -0.05) is 12.1 Å². The second-order valence-electron chi connectivity index (χ2n) is 5.47. The molecular weight excluding hydrogens is 288 g/mol. The van der Waals surface area contributed by atoms with E-state index < -0.39 is 16.8 Å². The summed E-state index contributed by atoms with van der Waals surface area (Å²) in [5.74, 6) is -1.27. The molecular formula is C15H16N2O3S. The SMILES string of the molecule is CC(=O)N1[C@@H](C(=O)O)C(C)(C)S[C@H]1c1ccc(C#N)cc1. The number of carboxylic acids is 1. The summed E-state index contributed by atoms with van der Waals surface area (Å²) in [6.45, 7) is 5.04. The molecule has 2 rings (SSSR count). The lowest BCUT2D eigenvalue weighted by molar-refractivity contribution is -0.150. The Hall–Kier alpha value is -2.00. The molecule has 0 aromatic heterocycles. The highest BCUT2D eigenvalue weighted by Gasteiger charge is 2.52. The van der Waals surface area contributed by atoms with Crippen LogP contribution in [-0.4, -0.2) is 32.7 Å². The highest BCUT2D eigenvalue weighted by atomic mass is 32.2. The number of hydrogen-bond acceptors (Lipinski definition) is 4. The Morgan fingerprint density at radius 1 is 1.33 bits per heavy atom. The Balaban J connectivity index is 2.44. The molecule has 1 aromatic carbocycles. The number of thioether (sulfide) groups is 1. The maximum atomic E-state index is 12.0. The van der Waals surface area contributed by atoms with Crippen molar-refractivity contribution >= 4 is 23.6 Å². The lowest BCUT2D eigenvalue weighted by Gasteiger charge is -2.28. The molecule has 6 heteroatoms. The third kappa shape index (κ3) is 2.74. The molecule has 0 unspecified atom stereocenters. The van der Waals surface area contributed by atoms with E-state index >= 15 is 0 Å². The van der Waals surface area contributed by atoms with Crippen LogP contribution in [0.15, 0.2) is 24.3 Å². The van der Waals surface area contributed by atoms with Crippen LogP contribution in [0.25, 0.3) is 0 Å². The lowest BCUT2D eigenvalue weighted by atomic mass is 10.0. The highest BCUT2D eigenvalue weighted by molar-refractivity contribution is 8.01. The molecule has 0 bridgehead atoms. The molecule has 0 saturated carbocycles. The molecule has 21 heavy (non-hydrogen) atoms. The van der Waals surface area contributed by atoms with Gasteiger partial charge in [-0.15, -0.1) is 11.8 Å². The summed E-state index contributed by atoms with van der Waals surface area (Å²) in [6.07, 6.45) is 0. The standard InChI is InChI=1S/C15H16N2O3S/c1-9(18)17-12(14(19)20)15(2,3)21-13(17)11-6-4-10(8-16)5-7-11/h4-7,12-13H,1-3H3,(H,19,20)/t12-,13-/m0/s1. The first-order valence-corrected chi connectivity index (χ1v) is 7.35. The van der Waals surface area contributed by atoms with Gasteiger partial charge in [-0.25, -0.2) is 4.79 Å². The third-order valence-corrected chi connectivity index (χ3v) is 5.08. The molecule has 1 aliphatic rings. The fourth-order valence-electron chi connectivity index (χ4n) is 2.59. The summed E-state index contributed by atoms with van der Waals surface area (Å²) < 4.78 is -0.587. The van der Waals surface area contributed by atoms with Crippen molar-refractivity contribution in [3.8, 4) is 6.07 Å². The van der Waals surface area contributed by atoms with Gasteiger partial charge in [0, 0.05) is 11.7 Å². The van der Waals surface area contributed by atoms with E-state index in [1.165, 1.54) is 23.6 Å². The number of aliphatic carboxylic acids is 1. The van der Waals surface area contributed by atoms with Crippen molar-refractivity contribution in [2.45, 2.75) is 36.9 Å². The summed E-state index contributed by atoms with van der Waals surface area (Å²) in [7, 11) is 0. The van der Waals surface area contributed by atoms with Crippen LogP contribution in [0.1, 0.15) is 37.3 Å². The second kappa shape index (κ2) is 5.41. The number of benzene rings is 1. The minimum absolute atomic E-state index is 0.269. The Kier molecular flexibility index (Phi) is 3.97. The van der Waals surface area contributed by atoms with E-state index in [1.54, 1.807) is 24.3 Å². The zero-order valence-corrected chi connectivity index (χ0v) is 12.8. The molecule has 1 aliphatic heterocycles. The molecule has 1 heterocycles. The molecule has 1 fully saturated rings. The molecule has 0 aliphatic carbocycles. The number of nitriles is 1. The zero-order chi connectivity index (χ0) is 15.8. The monoisotopic (exact) mass is 304 g/mol. The maximum Gasteiger partial charge on any atom is 0.327 e. The van der Waals surface area contributed by atoms with Crippen molar-refractivity contribution in [3.05, 3.63) is 35.4 Å². The summed E-state index contributed by atoms with van der Waals surface area (Å²) >= 11 is 1.45. The van der Waals surface area contributed by atoms with E-state index in [0.29, 0.717) is 5.56 Å². The van der Waals surface area contributed by atoms with Crippen LogP contribution in [0.4, 0.5) is 0 Å². The van der Waals surface area contributed by atoms with Crippen LogP contribution in [-0.2, 0) is 9.59 Å². The average molecular weight is 304 g/mol. The predicted molar refractivity (Wildman–Crippen MR) is 79.5 cm³/mol. The predicted octanol–water partition coefficient (Wildman–Crippen LogP) is 2.38. The molecule has 1 amide bonds. The van der Waals surface area contributed by atoms with Gasteiger partial charge < -0.3 is 10.0 Å². The first-order chi connectivity index (χ1) is 9.77. The molecule has 1 aromatic rings. The van der Waals surface area contributed by atoms with E-state index in [1.807, 2.05) is 19.9 Å². The molecule has 0 spiro atoms. The van der Waals surface area contributed by atoms with Crippen molar-refractivity contribution in [1.82, 2.24) is 4.90 Å². The summed E-state index contributed by atoms with van der Waals surface area (Å²) in [4.78, 5) is 24.9. The van der Waals surface area contributed by atoms with Crippen LogP contribution in [0.3, 0.4) is 0 Å². The summed E-state index contributed by atoms with van der Waals surface area (Å²) in [5.41, 5.74) is 1.36. The third-order valence-electron chi connectivity index (χ3n) is 3.53. The molecule has 1 saturated heterocycles. The van der Waals surface area contributed by atoms with Gasteiger partial charge in [0.1, 0.15) is 11.4 Å². The van der Waals surface area contributed by atoms with E-state index in [4.69, 9.17) is 5.26 Å². The normalized spacial score (nSPS) is 23.6. The second-order valence-corrected chi connectivity index (χ2v) is 7.21. The molecule has 110 valence electrons. The van der Waals surface area contributed by atoms with E-state index in [0.717, 1.165) is 5.56 Å². The fraction of sp³-hybridized carbons (Fsp3) is 0.400. The van der Waals surface area contributed by atoms with Gasteiger partial charge in [0.05, 0.1) is 11.6 Å². The van der Waals surface area contributed by atoms with Crippen molar-refractivity contribution in [2.24, 2.45) is 0 Å². The zero-order valence-electron chi connectivity index (χ0n) is 12.0. The number of hydrogen-bond donors (Lipinski definition) is 1. The van der Waals surface area contributed by atoms with Crippen LogP contribution in [0, 0.1) is 11.3 Å². The van der Waals surface area contributed by atoms with Crippen LogP contribution < -0.4 is 0 Å². The minimum atomic E-state index is -1.00. The Labute approximate surface area is 127 Å². The highest BCUT2D eigenvalue weighted by Crippen LogP contribution is 2.52. The van der Waals surface area contributed by atoms with Gasteiger partial charge in [0.15, 0.2) is 0 Å². The largest absolute Gasteiger partial charge is 0.480 e.